The van der Waals surface area contributed by atoms with E-state index in [4.69, 9.17) is 4.74 Å². The number of carbonyl (C=O) groups is 1. The first-order valence-corrected chi connectivity index (χ1v) is 10.4. The van der Waals surface area contributed by atoms with Gasteiger partial charge in [-0.1, -0.05) is 24.6 Å². The van der Waals surface area contributed by atoms with Crippen LogP contribution in [0.15, 0.2) is 42.5 Å². The molecule has 0 unspecified atom stereocenters. The van der Waals surface area contributed by atoms with Crippen LogP contribution in [-0.2, 0) is 16.1 Å². The normalized spacial score (nSPS) is 21.2. The molecule has 1 fully saturated rings. The van der Waals surface area contributed by atoms with Crippen molar-refractivity contribution < 1.29 is 9.53 Å². The van der Waals surface area contributed by atoms with Crippen molar-refractivity contribution in [3.05, 3.63) is 59.2 Å². The highest BCUT2D eigenvalue weighted by molar-refractivity contribution is 6.37. The Kier molecular flexibility index (Phi) is 4.55. The van der Waals surface area contributed by atoms with Crippen molar-refractivity contribution in [1.29, 1.82) is 0 Å². The molecule has 0 radical (unpaired) electrons. The number of likely N-dealkylation sites (tertiary alicyclic amines) is 1. The van der Waals surface area contributed by atoms with Crippen molar-refractivity contribution in [2.75, 3.05) is 43.7 Å². The zero-order chi connectivity index (χ0) is 20.0. The molecule has 0 atom stereocenters. The first-order valence-electron chi connectivity index (χ1n) is 10.4. The molecule has 2 aromatic carbocycles. The second-order valence-electron chi connectivity index (χ2n) is 8.30. The van der Waals surface area contributed by atoms with E-state index in [2.05, 4.69) is 34.1 Å². The van der Waals surface area contributed by atoms with Gasteiger partial charge in [-0.2, -0.15) is 0 Å². The largest absolute Gasteiger partial charge is 0.487 e. The smallest absolute Gasteiger partial charge is 0.263 e. The Bertz CT molecular complexity index is 989. The molecule has 5 nitrogen and oxygen atoms in total. The van der Waals surface area contributed by atoms with E-state index in [-0.39, 0.29) is 5.91 Å². The van der Waals surface area contributed by atoms with Gasteiger partial charge < -0.3 is 9.64 Å². The first kappa shape index (κ1) is 18.3. The third kappa shape index (κ3) is 3.10. The third-order valence-electron chi connectivity index (χ3n) is 6.16. The molecule has 3 aliphatic heterocycles. The molecule has 1 amide bonds. The summed E-state index contributed by atoms with van der Waals surface area (Å²) in [5.41, 5.74) is 5.99. The Balaban J connectivity index is 1.55. The fraction of sp³-hybridized carbons (Fsp3) is 0.375. The number of ether oxygens (including phenoxy) is 1. The Morgan fingerprint density at radius 2 is 1.79 bits per heavy atom. The number of carbonyl (C=O) groups excluding carboxylic acids is 1. The minimum Gasteiger partial charge on any atom is -0.487 e. The topological polar surface area (TPSA) is 36.0 Å². The van der Waals surface area contributed by atoms with Gasteiger partial charge in [-0.15, -0.1) is 0 Å². The van der Waals surface area contributed by atoms with Crippen molar-refractivity contribution in [3.63, 3.8) is 0 Å². The van der Waals surface area contributed by atoms with Crippen molar-refractivity contribution >= 4 is 28.6 Å². The van der Waals surface area contributed by atoms with E-state index in [1.54, 1.807) is 0 Å². The number of rotatable bonds is 3. The molecule has 0 bridgehead atoms. The van der Waals surface area contributed by atoms with E-state index < -0.39 is 0 Å². The van der Waals surface area contributed by atoms with Crippen LogP contribution in [0.1, 0.15) is 36.0 Å². The van der Waals surface area contributed by atoms with Gasteiger partial charge in [0, 0.05) is 36.5 Å². The molecule has 3 heterocycles. The van der Waals surface area contributed by atoms with E-state index in [1.807, 2.05) is 37.2 Å². The summed E-state index contributed by atoms with van der Waals surface area (Å²) in [6.45, 7) is 3.28. The molecule has 3 aliphatic rings. The van der Waals surface area contributed by atoms with E-state index in [9.17, 15) is 4.79 Å². The van der Waals surface area contributed by atoms with Gasteiger partial charge in [-0.05, 0) is 50.2 Å². The zero-order valence-electron chi connectivity index (χ0n) is 17.1. The van der Waals surface area contributed by atoms with Crippen LogP contribution in [-0.4, -0.2) is 44.7 Å². The van der Waals surface area contributed by atoms with E-state index in [0.29, 0.717) is 18.8 Å². The predicted octanol–water partition coefficient (Wildman–Crippen LogP) is 3.94. The number of hydrogen-bond donors (Lipinski definition) is 0. The van der Waals surface area contributed by atoms with Gasteiger partial charge in [0.05, 0.1) is 17.9 Å². The molecule has 5 rings (SSSR count). The summed E-state index contributed by atoms with van der Waals surface area (Å²) in [6, 6.07) is 14.4. The molecule has 0 spiro atoms. The lowest BCUT2D eigenvalue weighted by molar-refractivity contribution is -0.113. The van der Waals surface area contributed by atoms with Crippen LogP contribution in [0.5, 0.6) is 0 Å². The second-order valence-corrected chi connectivity index (χ2v) is 8.30. The van der Waals surface area contributed by atoms with Gasteiger partial charge in [0.2, 0.25) is 0 Å². The monoisotopic (exact) mass is 389 g/mol. The molecule has 150 valence electrons. The minimum absolute atomic E-state index is 0.0521. The van der Waals surface area contributed by atoms with Crippen LogP contribution in [0.25, 0.3) is 11.3 Å². The molecular formula is C24H27N3O2. The lowest BCUT2D eigenvalue weighted by Gasteiger charge is -2.30. The van der Waals surface area contributed by atoms with E-state index >= 15 is 0 Å². The zero-order valence-corrected chi connectivity index (χ0v) is 17.1. The summed E-state index contributed by atoms with van der Waals surface area (Å²) in [5, 5.41) is 0. The van der Waals surface area contributed by atoms with Gasteiger partial charge in [0.25, 0.3) is 5.91 Å². The predicted molar refractivity (Wildman–Crippen MR) is 117 cm³/mol. The standard InChI is InChI=1S/C24H27N3O2/c1-25(2)18-10-11-19-17(14-18)15-29-23(19)22-20-8-4-5-9-21(20)27(24(22)28)16-26-12-6-3-7-13-26/h4-5,8-11,14H,3,6-7,12-13,15-16H2,1-2H3. The average Bonchev–Trinajstić information content (AvgIpc) is 3.27. The lowest BCUT2D eigenvalue weighted by Crippen LogP contribution is -2.42. The Morgan fingerprint density at radius 3 is 2.59 bits per heavy atom. The summed E-state index contributed by atoms with van der Waals surface area (Å²) < 4.78 is 6.11. The van der Waals surface area contributed by atoms with Crippen molar-refractivity contribution in [2.24, 2.45) is 0 Å². The van der Waals surface area contributed by atoms with Crippen molar-refractivity contribution in [3.8, 4) is 0 Å². The fourth-order valence-electron chi connectivity index (χ4n) is 4.57. The van der Waals surface area contributed by atoms with Gasteiger partial charge in [0.15, 0.2) is 0 Å². The van der Waals surface area contributed by atoms with Gasteiger partial charge in [-0.3, -0.25) is 14.6 Å². The highest BCUT2D eigenvalue weighted by Crippen LogP contribution is 2.44. The van der Waals surface area contributed by atoms with Crippen LogP contribution in [0.4, 0.5) is 11.4 Å². The molecular weight excluding hydrogens is 362 g/mol. The average molecular weight is 389 g/mol. The molecule has 5 heteroatoms. The number of para-hydroxylation sites is 1. The number of anilines is 2. The first-order chi connectivity index (χ1) is 14.1. The molecule has 0 aromatic heterocycles. The quantitative estimate of drug-likeness (QED) is 0.745. The summed E-state index contributed by atoms with van der Waals surface area (Å²) >= 11 is 0. The molecule has 29 heavy (non-hydrogen) atoms. The van der Waals surface area contributed by atoms with Crippen LogP contribution >= 0.6 is 0 Å². The highest BCUT2D eigenvalue weighted by atomic mass is 16.5. The van der Waals surface area contributed by atoms with Crippen molar-refractivity contribution in [2.45, 2.75) is 25.9 Å². The van der Waals surface area contributed by atoms with Crippen LogP contribution in [0, 0.1) is 0 Å². The minimum atomic E-state index is 0.0521. The maximum absolute atomic E-state index is 13.6. The number of hydrogen-bond acceptors (Lipinski definition) is 4. The molecule has 0 aliphatic carbocycles. The SMILES string of the molecule is CN(C)c1ccc2c(c1)COC2=C1C(=O)N(CN2CCCCC2)c2ccccc21. The van der Waals surface area contributed by atoms with Gasteiger partial charge in [-0.25, -0.2) is 0 Å². The fourth-order valence-corrected chi connectivity index (χ4v) is 4.57. The lowest BCUT2D eigenvalue weighted by atomic mass is 10.00. The second kappa shape index (κ2) is 7.23. The van der Waals surface area contributed by atoms with Crippen LogP contribution in [0.2, 0.25) is 0 Å². The number of piperidine rings is 1. The highest BCUT2D eigenvalue weighted by Gasteiger charge is 2.38. The summed E-state index contributed by atoms with van der Waals surface area (Å²) in [6.07, 6.45) is 3.71. The molecule has 2 aromatic rings. The van der Waals surface area contributed by atoms with E-state index in [1.165, 1.54) is 19.3 Å². The number of fused-ring (bicyclic) bond motifs is 2. The summed E-state index contributed by atoms with van der Waals surface area (Å²) in [5.74, 6) is 0.778. The maximum Gasteiger partial charge on any atom is 0.263 e. The van der Waals surface area contributed by atoms with Gasteiger partial charge in [0.1, 0.15) is 12.4 Å². The molecule has 0 N–H and O–H groups in total. The Morgan fingerprint density at radius 1 is 1.00 bits per heavy atom. The van der Waals surface area contributed by atoms with Gasteiger partial charge >= 0.3 is 0 Å². The van der Waals surface area contributed by atoms with E-state index in [0.717, 1.165) is 46.9 Å². The maximum atomic E-state index is 13.6. The molecule has 0 saturated carbocycles. The number of benzene rings is 2. The van der Waals surface area contributed by atoms with Crippen LogP contribution in [0.3, 0.4) is 0 Å². The number of nitrogens with zero attached hydrogens (tertiary/aromatic N) is 3. The number of amides is 1. The summed E-state index contributed by atoms with van der Waals surface area (Å²) in [4.78, 5) is 20.0. The van der Waals surface area contributed by atoms with Crippen molar-refractivity contribution in [1.82, 2.24) is 4.90 Å². The third-order valence-corrected chi connectivity index (χ3v) is 6.16. The Hall–Kier alpha value is -2.79. The molecule has 1 saturated heterocycles. The Labute approximate surface area is 172 Å². The van der Waals surface area contributed by atoms with Crippen LogP contribution < -0.4 is 9.80 Å². The summed E-state index contributed by atoms with van der Waals surface area (Å²) in [7, 11) is 4.07.